The van der Waals surface area contributed by atoms with Crippen LogP contribution < -0.4 is 14.8 Å². The molecule has 0 aliphatic carbocycles. The monoisotopic (exact) mass is 305 g/mol. The van der Waals surface area contributed by atoms with Crippen LogP contribution in [0.5, 0.6) is 11.8 Å². The van der Waals surface area contributed by atoms with Gasteiger partial charge in [0, 0.05) is 18.7 Å². The second-order valence-electron chi connectivity index (χ2n) is 5.99. The molecule has 1 atom stereocenters. The first-order valence-electron chi connectivity index (χ1n) is 7.82. The zero-order valence-electron chi connectivity index (χ0n) is 13.2. The van der Waals surface area contributed by atoms with Gasteiger partial charge in [0.25, 0.3) is 5.91 Å². The summed E-state index contributed by atoms with van der Waals surface area (Å²) < 4.78 is 10.2. The van der Waals surface area contributed by atoms with Crippen molar-refractivity contribution >= 4 is 5.91 Å². The van der Waals surface area contributed by atoms with Crippen molar-refractivity contribution in [3.8, 4) is 11.8 Å². The summed E-state index contributed by atoms with van der Waals surface area (Å²) in [5, 5.41) is 3.02. The maximum absolute atomic E-state index is 12.4. The summed E-state index contributed by atoms with van der Waals surface area (Å²) in [6.45, 7) is 3.02. The molecule has 1 unspecified atom stereocenters. The maximum Gasteiger partial charge on any atom is 0.256 e. The number of carbonyl (C=O) groups excluding carboxylic acids is 1. The third-order valence-electron chi connectivity index (χ3n) is 4.75. The van der Waals surface area contributed by atoms with Crippen LogP contribution in [0, 0.1) is 5.92 Å². The molecule has 3 saturated heterocycles. The molecule has 0 aromatic carbocycles. The van der Waals surface area contributed by atoms with Gasteiger partial charge >= 0.3 is 0 Å². The van der Waals surface area contributed by atoms with E-state index >= 15 is 0 Å². The first-order chi connectivity index (χ1) is 10.7. The third-order valence-corrected chi connectivity index (χ3v) is 4.75. The number of hydrogen-bond acceptors (Lipinski definition) is 5. The molecular formula is C16H23N3O3. The second-order valence-corrected chi connectivity index (χ2v) is 5.99. The Kier molecular flexibility index (Phi) is 4.47. The van der Waals surface area contributed by atoms with Crippen LogP contribution in [0.1, 0.15) is 29.6 Å². The molecule has 4 heterocycles. The van der Waals surface area contributed by atoms with E-state index in [1.807, 2.05) is 0 Å². The fraction of sp³-hybridized carbons (Fsp3) is 0.625. The lowest BCUT2D eigenvalue weighted by atomic mass is 9.83. The summed E-state index contributed by atoms with van der Waals surface area (Å²) in [4.78, 5) is 19.0. The van der Waals surface area contributed by atoms with Gasteiger partial charge in [0.05, 0.1) is 14.2 Å². The molecule has 1 aromatic rings. The lowest BCUT2D eigenvalue weighted by Crippen LogP contribution is -2.53. The number of rotatable bonds is 5. The van der Waals surface area contributed by atoms with Crippen LogP contribution in [0.3, 0.4) is 0 Å². The average molecular weight is 305 g/mol. The number of nitrogens with zero attached hydrogens (tertiary/aromatic N) is 2. The maximum atomic E-state index is 12.4. The van der Waals surface area contributed by atoms with Crippen molar-refractivity contribution < 1.29 is 14.3 Å². The Hall–Kier alpha value is -1.82. The molecule has 0 radical (unpaired) electrons. The Balaban J connectivity index is 1.62. The molecule has 2 bridgehead atoms. The van der Waals surface area contributed by atoms with Gasteiger partial charge in [-0.1, -0.05) is 0 Å². The molecule has 6 nitrogen and oxygen atoms in total. The molecule has 1 amide bonds. The predicted molar refractivity (Wildman–Crippen MR) is 82.4 cm³/mol. The van der Waals surface area contributed by atoms with Crippen molar-refractivity contribution in [3.05, 3.63) is 17.7 Å². The van der Waals surface area contributed by atoms with Gasteiger partial charge < -0.3 is 14.8 Å². The number of aromatic nitrogens is 1. The average Bonchev–Trinajstić information content (AvgIpc) is 2.60. The van der Waals surface area contributed by atoms with Crippen molar-refractivity contribution in [3.63, 3.8) is 0 Å². The molecule has 3 fully saturated rings. The minimum atomic E-state index is -0.144. The van der Waals surface area contributed by atoms with Gasteiger partial charge in [-0.3, -0.25) is 9.69 Å². The number of amides is 1. The quantitative estimate of drug-likeness (QED) is 0.889. The fourth-order valence-electron chi connectivity index (χ4n) is 3.47. The Morgan fingerprint density at radius 1 is 1.32 bits per heavy atom. The van der Waals surface area contributed by atoms with Crippen LogP contribution in [0.25, 0.3) is 0 Å². The fourth-order valence-corrected chi connectivity index (χ4v) is 3.47. The lowest BCUT2D eigenvalue weighted by molar-refractivity contribution is 0.0481. The van der Waals surface area contributed by atoms with E-state index < -0.39 is 0 Å². The van der Waals surface area contributed by atoms with Crippen LogP contribution in [0.15, 0.2) is 12.1 Å². The molecule has 1 aromatic heterocycles. The summed E-state index contributed by atoms with van der Waals surface area (Å²) in [6.07, 6.45) is 3.81. The van der Waals surface area contributed by atoms with E-state index in [0.717, 1.165) is 5.92 Å². The Morgan fingerprint density at radius 2 is 2.09 bits per heavy atom. The van der Waals surface area contributed by atoms with E-state index in [9.17, 15) is 4.79 Å². The highest BCUT2D eigenvalue weighted by atomic mass is 16.5. The normalized spacial score (nSPS) is 26.5. The Bertz CT molecular complexity index is 541. The van der Waals surface area contributed by atoms with Gasteiger partial charge in [-0.05, 0) is 44.3 Å². The van der Waals surface area contributed by atoms with Gasteiger partial charge in [-0.2, -0.15) is 4.98 Å². The molecule has 1 N–H and O–H groups in total. The van der Waals surface area contributed by atoms with Gasteiger partial charge in [0.1, 0.15) is 5.56 Å². The summed E-state index contributed by atoms with van der Waals surface area (Å²) >= 11 is 0. The number of fused-ring (bicyclic) bond motifs is 3. The van der Waals surface area contributed by atoms with E-state index in [2.05, 4.69) is 15.2 Å². The standard InChI is InChI=1S/C16H23N3O3/c1-21-14-4-3-13(16(18-14)22-2)15(20)17-10-12-9-11-5-7-19(12)8-6-11/h3-4,11-12H,5-10H2,1-2H3,(H,17,20). The first kappa shape index (κ1) is 15.1. The molecule has 3 aliphatic heterocycles. The van der Waals surface area contributed by atoms with Crippen LogP contribution in [-0.4, -0.2) is 55.7 Å². The molecular weight excluding hydrogens is 282 g/mol. The van der Waals surface area contributed by atoms with Crippen LogP contribution >= 0.6 is 0 Å². The number of piperidine rings is 3. The molecule has 0 saturated carbocycles. The summed E-state index contributed by atoms with van der Waals surface area (Å²) in [5.41, 5.74) is 0.444. The minimum Gasteiger partial charge on any atom is -0.481 e. The Morgan fingerprint density at radius 3 is 2.68 bits per heavy atom. The van der Waals surface area contributed by atoms with Gasteiger partial charge in [-0.25, -0.2) is 0 Å². The van der Waals surface area contributed by atoms with E-state index in [1.165, 1.54) is 46.6 Å². The zero-order chi connectivity index (χ0) is 15.5. The first-order valence-corrected chi connectivity index (χ1v) is 7.82. The van der Waals surface area contributed by atoms with Crippen molar-refractivity contribution in [2.45, 2.75) is 25.3 Å². The summed E-state index contributed by atoms with van der Waals surface area (Å²) in [5.74, 6) is 1.42. The molecule has 6 heteroatoms. The van der Waals surface area contributed by atoms with E-state index in [0.29, 0.717) is 29.9 Å². The van der Waals surface area contributed by atoms with E-state index in [4.69, 9.17) is 9.47 Å². The Labute approximate surface area is 130 Å². The van der Waals surface area contributed by atoms with Crippen molar-refractivity contribution in [2.75, 3.05) is 33.9 Å². The zero-order valence-corrected chi connectivity index (χ0v) is 13.2. The highest BCUT2D eigenvalue weighted by Gasteiger charge is 2.33. The SMILES string of the molecule is COc1ccc(C(=O)NCC2CC3CCN2CC3)c(OC)n1. The number of ether oxygens (including phenoxy) is 2. The predicted octanol–water partition coefficient (Wildman–Crippen LogP) is 1.31. The highest BCUT2D eigenvalue weighted by Crippen LogP contribution is 2.31. The number of methoxy groups -OCH3 is 2. The number of carbonyl (C=O) groups is 1. The van der Waals surface area contributed by atoms with Gasteiger partial charge in [0.15, 0.2) is 0 Å². The second kappa shape index (κ2) is 6.52. The van der Waals surface area contributed by atoms with Crippen molar-refractivity contribution in [1.82, 2.24) is 15.2 Å². The minimum absolute atomic E-state index is 0.144. The number of hydrogen-bond donors (Lipinski definition) is 1. The molecule has 0 spiro atoms. The van der Waals surface area contributed by atoms with Crippen LogP contribution in [0.4, 0.5) is 0 Å². The summed E-state index contributed by atoms with van der Waals surface area (Å²) in [7, 11) is 3.04. The van der Waals surface area contributed by atoms with Gasteiger partial charge in [-0.15, -0.1) is 0 Å². The van der Waals surface area contributed by atoms with Gasteiger partial charge in [0.2, 0.25) is 11.8 Å². The topological polar surface area (TPSA) is 63.7 Å². The molecule has 4 rings (SSSR count). The number of nitrogens with one attached hydrogen (secondary N) is 1. The van der Waals surface area contributed by atoms with E-state index in [1.54, 1.807) is 12.1 Å². The van der Waals surface area contributed by atoms with E-state index in [-0.39, 0.29) is 5.91 Å². The van der Waals surface area contributed by atoms with Crippen LogP contribution in [-0.2, 0) is 0 Å². The third kappa shape index (κ3) is 3.02. The molecule has 3 aliphatic rings. The smallest absolute Gasteiger partial charge is 0.256 e. The molecule has 22 heavy (non-hydrogen) atoms. The largest absolute Gasteiger partial charge is 0.481 e. The van der Waals surface area contributed by atoms with Crippen molar-refractivity contribution in [2.24, 2.45) is 5.92 Å². The summed E-state index contributed by atoms with van der Waals surface area (Å²) in [6, 6.07) is 3.82. The highest BCUT2D eigenvalue weighted by molar-refractivity contribution is 5.96. The van der Waals surface area contributed by atoms with Crippen molar-refractivity contribution in [1.29, 1.82) is 0 Å². The molecule has 120 valence electrons. The van der Waals surface area contributed by atoms with Crippen LogP contribution in [0.2, 0.25) is 0 Å². The number of pyridine rings is 1. The lowest BCUT2D eigenvalue weighted by Gasteiger charge is -2.45.